The van der Waals surface area contributed by atoms with Crippen LogP contribution in [0.3, 0.4) is 0 Å². The molecule has 0 aromatic rings. The zero-order valence-electron chi connectivity index (χ0n) is 8.02. The maximum absolute atomic E-state index is 12.0. The average molecular weight is 191 g/mol. The molecule has 13 heavy (non-hydrogen) atoms. The molecule has 0 aromatic heterocycles. The smallest absolute Gasteiger partial charge is 0.315 e. The minimum atomic E-state index is -2.85. The predicted molar refractivity (Wildman–Crippen MR) is 45.6 cm³/mol. The molecule has 4 heteroatoms. The molecule has 0 radical (unpaired) electrons. The molecule has 1 unspecified atom stereocenters. The van der Waals surface area contributed by atoms with E-state index in [-0.39, 0.29) is 5.41 Å². The summed E-state index contributed by atoms with van der Waals surface area (Å²) in [5.74, 6) is -1.02. The Kier molecular flexibility index (Phi) is 2.88. The second-order valence-corrected chi connectivity index (χ2v) is 3.97. The largest absolute Gasteiger partial charge is 0.337 e. The Morgan fingerprint density at radius 3 is 2.62 bits per heavy atom. The van der Waals surface area contributed by atoms with Gasteiger partial charge < -0.3 is 4.90 Å². The van der Waals surface area contributed by atoms with Crippen molar-refractivity contribution in [1.29, 1.82) is 0 Å². The van der Waals surface area contributed by atoms with Gasteiger partial charge in [-0.25, -0.2) is 0 Å². The van der Waals surface area contributed by atoms with Crippen LogP contribution in [0.25, 0.3) is 0 Å². The number of carbonyl (C=O) groups excluding carboxylic acids is 1. The molecular weight excluding hydrogens is 176 g/mol. The zero-order chi connectivity index (χ0) is 10.1. The van der Waals surface area contributed by atoms with Crippen LogP contribution in [0.2, 0.25) is 0 Å². The van der Waals surface area contributed by atoms with E-state index in [1.807, 2.05) is 13.8 Å². The maximum atomic E-state index is 12.0. The summed E-state index contributed by atoms with van der Waals surface area (Å²) in [6.07, 6.45) is -1.08. The van der Waals surface area contributed by atoms with Crippen LogP contribution < -0.4 is 0 Å². The SMILES string of the molecule is CCC1(C)CCN(C(=O)C(F)F)C1. The number of likely N-dealkylation sites (tertiary alicyclic amines) is 1. The maximum Gasteiger partial charge on any atom is 0.315 e. The normalized spacial score (nSPS) is 28.5. The van der Waals surface area contributed by atoms with Crippen LogP contribution in [0.5, 0.6) is 0 Å². The first-order chi connectivity index (χ1) is 5.98. The molecule has 1 amide bonds. The number of hydrogen-bond acceptors (Lipinski definition) is 1. The monoisotopic (exact) mass is 191 g/mol. The standard InChI is InChI=1S/C9H15F2NO/c1-3-9(2)4-5-12(6-9)8(13)7(10)11/h7H,3-6H2,1-2H3. The Bertz CT molecular complexity index is 208. The third-order valence-electron chi connectivity index (χ3n) is 2.91. The van der Waals surface area contributed by atoms with Crippen LogP contribution in [0, 0.1) is 5.41 Å². The third kappa shape index (κ3) is 2.17. The van der Waals surface area contributed by atoms with Gasteiger partial charge in [-0.2, -0.15) is 8.78 Å². The lowest BCUT2D eigenvalue weighted by Crippen LogP contribution is -2.35. The summed E-state index contributed by atoms with van der Waals surface area (Å²) in [6.45, 7) is 5.02. The Balaban J connectivity index is 2.55. The van der Waals surface area contributed by atoms with Gasteiger partial charge in [-0.15, -0.1) is 0 Å². The molecule has 0 N–H and O–H groups in total. The molecule has 0 bridgehead atoms. The summed E-state index contributed by atoms with van der Waals surface area (Å²) in [6, 6.07) is 0. The highest BCUT2D eigenvalue weighted by molar-refractivity contribution is 5.79. The van der Waals surface area contributed by atoms with Gasteiger partial charge in [-0.05, 0) is 18.3 Å². The molecule has 1 aliphatic heterocycles. The van der Waals surface area contributed by atoms with Gasteiger partial charge in [0.25, 0.3) is 5.91 Å². The number of halogens is 2. The molecule has 0 saturated carbocycles. The molecular formula is C9H15F2NO. The van der Waals surface area contributed by atoms with Gasteiger partial charge in [-0.3, -0.25) is 4.79 Å². The number of alkyl halides is 2. The van der Waals surface area contributed by atoms with Gasteiger partial charge in [0, 0.05) is 13.1 Å². The fraction of sp³-hybridized carbons (Fsp3) is 0.889. The van der Waals surface area contributed by atoms with Crippen LogP contribution in [0.4, 0.5) is 8.78 Å². The zero-order valence-corrected chi connectivity index (χ0v) is 8.02. The number of carbonyl (C=O) groups is 1. The Morgan fingerprint density at radius 1 is 1.62 bits per heavy atom. The van der Waals surface area contributed by atoms with E-state index in [9.17, 15) is 13.6 Å². The Labute approximate surface area is 76.9 Å². The molecule has 76 valence electrons. The lowest BCUT2D eigenvalue weighted by atomic mass is 9.87. The Hall–Kier alpha value is -0.670. The lowest BCUT2D eigenvalue weighted by Gasteiger charge is -2.22. The molecule has 1 heterocycles. The van der Waals surface area contributed by atoms with Crippen molar-refractivity contribution < 1.29 is 13.6 Å². The quantitative estimate of drug-likeness (QED) is 0.652. The number of amides is 1. The molecule has 0 aliphatic carbocycles. The van der Waals surface area contributed by atoms with Crippen LogP contribution >= 0.6 is 0 Å². The molecule has 1 fully saturated rings. The van der Waals surface area contributed by atoms with E-state index < -0.39 is 12.3 Å². The highest BCUT2D eigenvalue weighted by atomic mass is 19.3. The van der Waals surface area contributed by atoms with E-state index >= 15 is 0 Å². The average Bonchev–Trinajstić information content (AvgIpc) is 2.47. The summed E-state index contributed by atoms with van der Waals surface area (Å²) in [4.78, 5) is 12.2. The number of rotatable bonds is 2. The van der Waals surface area contributed by atoms with Gasteiger partial charge in [0.15, 0.2) is 0 Å². The van der Waals surface area contributed by atoms with E-state index in [1.165, 1.54) is 4.90 Å². The van der Waals surface area contributed by atoms with Gasteiger partial charge in [0.05, 0.1) is 0 Å². The van der Waals surface area contributed by atoms with Crippen molar-refractivity contribution >= 4 is 5.91 Å². The van der Waals surface area contributed by atoms with Crippen molar-refractivity contribution in [3.63, 3.8) is 0 Å². The van der Waals surface area contributed by atoms with E-state index in [4.69, 9.17) is 0 Å². The first-order valence-corrected chi connectivity index (χ1v) is 4.55. The topological polar surface area (TPSA) is 20.3 Å². The Morgan fingerprint density at radius 2 is 2.23 bits per heavy atom. The third-order valence-corrected chi connectivity index (χ3v) is 2.91. The van der Waals surface area contributed by atoms with Gasteiger partial charge in [0.1, 0.15) is 0 Å². The highest BCUT2D eigenvalue weighted by Crippen LogP contribution is 2.33. The van der Waals surface area contributed by atoms with Crippen LogP contribution in [0.15, 0.2) is 0 Å². The molecule has 1 aliphatic rings. The molecule has 1 atom stereocenters. The minimum absolute atomic E-state index is 0.0462. The van der Waals surface area contributed by atoms with Crippen LogP contribution in [-0.2, 0) is 4.79 Å². The number of hydrogen-bond donors (Lipinski definition) is 0. The lowest BCUT2D eigenvalue weighted by molar-refractivity contribution is -0.142. The first kappa shape index (κ1) is 10.4. The van der Waals surface area contributed by atoms with Crippen molar-refractivity contribution in [3.8, 4) is 0 Å². The predicted octanol–water partition coefficient (Wildman–Crippen LogP) is 1.90. The van der Waals surface area contributed by atoms with Crippen molar-refractivity contribution in [1.82, 2.24) is 4.90 Å². The van der Waals surface area contributed by atoms with Gasteiger partial charge >= 0.3 is 6.43 Å². The van der Waals surface area contributed by atoms with Crippen molar-refractivity contribution in [2.24, 2.45) is 5.41 Å². The highest BCUT2D eigenvalue weighted by Gasteiger charge is 2.36. The second-order valence-electron chi connectivity index (χ2n) is 3.97. The minimum Gasteiger partial charge on any atom is -0.337 e. The van der Waals surface area contributed by atoms with Crippen molar-refractivity contribution in [2.75, 3.05) is 13.1 Å². The first-order valence-electron chi connectivity index (χ1n) is 4.55. The molecule has 0 spiro atoms. The van der Waals surface area contributed by atoms with E-state index in [1.54, 1.807) is 0 Å². The summed E-state index contributed by atoms with van der Waals surface area (Å²) < 4.78 is 24.1. The number of nitrogens with zero attached hydrogens (tertiary/aromatic N) is 1. The molecule has 2 nitrogen and oxygen atoms in total. The second kappa shape index (κ2) is 3.60. The van der Waals surface area contributed by atoms with Crippen LogP contribution in [0.1, 0.15) is 26.7 Å². The fourth-order valence-corrected chi connectivity index (χ4v) is 1.64. The molecule has 1 saturated heterocycles. The van der Waals surface area contributed by atoms with Crippen LogP contribution in [-0.4, -0.2) is 30.3 Å². The van der Waals surface area contributed by atoms with E-state index in [2.05, 4.69) is 0 Å². The van der Waals surface area contributed by atoms with E-state index in [0.29, 0.717) is 13.1 Å². The van der Waals surface area contributed by atoms with Crippen molar-refractivity contribution in [2.45, 2.75) is 33.1 Å². The van der Waals surface area contributed by atoms with Gasteiger partial charge in [0.2, 0.25) is 0 Å². The van der Waals surface area contributed by atoms with Gasteiger partial charge in [-0.1, -0.05) is 13.8 Å². The summed E-state index contributed by atoms with van der Waals surface area (Å²) in [5, 5.41) is 0. The van der Waals surface area contributed by atoms with Crippen molar-refractivity contribution in [3.05, 3.63) is 0 Å². The summed E-state index contributed by atoms with van der Waals surface area (Å²) in [7, 11) is 0. The molecule has 0 aromatic carbocycles. The molecule has 1 rings (SSSR count). The van der Waals surface area contributed by atoms with E-state index in [0.717, 1.165) is 12.8 Å². The summed E-state index contributed by atoms with van der Waals surface area (Å²) >= 11 is 0. The fourth-order valence-electron chi connectivity index (χ4n) is 1.64. The summed E-state index contributed by atoms with van der Waals surface area (Å²) in [5.41, 5.74) is 0.0462.